The normalized spacial score (nSPS) is 12.4. The summed E-state index contributed by atoms with van der Waals surface area (Å²) in [6.45, 7) is 2.99. The molecule has 220 valence electrons. The number of nitrogens with one attached hydrogen (secondary N) is 1. The van der Waals surface area contributed by atoms with Crippen LogP contribution in [0.3, 0.4) is 0 Å². The second-order valence-corrected chi connectivity index (χ2v) is 11.4. The third-order valence-electron chi connectivity index (χ3n) is 6.37. The number of carbonyl (C=O) groups is 2. The van der Waals surface area contributed by atoms with Crippen molar-refractivity contribution < 1.29 is 31.2 Å². The lowest BCUT2D eigenvalue weighted by Crippen LogP contribution is -2.53. The molecule has 0 bridgehead atoms. The molecule has 0 radical (unpaired) electrons. The molecular weight excluding hydrogens is 579 g/mol. The molecule has 0 spiro atoms. The van der Waals surface area contributed by atoms with Crippen LogP contribution < -0.4 is 9.62 Å². The highest BCUT2D eigenvalue weighted by Crippen LogP contribution is 2.38. The Morgan fingerprint density at radius 2 is 1.56 bits per heavy atom. The SMILES string of the molecule is CCNC(=O)[C@@H](CC)N(CCc1ccccc1)C(=O)CN(c1ccc(Cl)c(C(F)(F)F)c1)S(=O)(=O)c1ccccc1. The van der Waals surface area contributed by atoms with E-state index in [2.05, 4.69) is 5.32 Å². The van der Waals surface area contributed by atoms with Gasteiger partial charge in [0.1, 0.15) is 12.6 Å². The molecule has 1 atom stereocenters. The maximum atomic E-state index is 13.9. The molecule has 3 rings (SSSR count). The molecule has 7 nitrogen and oxygen atoms in total. The minimum absolute atomic E-state index is 0.0755. The van der Waals surface area contributed by atoms with E-state index in [1.807, 2.05) is 30.3 Å². The first-order valence-electron chi connectivity index (χ1n) is 13.0. The monoisotopic (exact) mass is 609 g/mol. The van der Waals surface area contributed by atoms with Gasteiger partial charge < -0.3 is 10.2 Å². The summed E-state index contributed by atoms with van der Waals surface area (Å²) in [5, 5.41) is 2.08. The van der Waals surface area contributed by atoms with Gasteiger partial charge >= 0.3 is 6.18 Å². The number of hydrogen-bond acceptors (Lipinski definition) is 4. The zero-order chi connectivity index (χ0) is 30.2. The first-order chi connectivity index (χ1) is 19.4. The lowest BCUT2D eigenvalue weighted by atomic mass is 10.1. The number of benzene rings is 3. The van der Waals surface area contributed by atoms with E-state index in [9.17, 15) is 31.2 Å². The lowest BCUT2D eigenvalue weighted by Gasteiger charge is -2.33. The minimum Gasteiger partial charge on any atom is -0.355 e. The zero-order valence-electron chi connectivity index (χ0n) is 22.6. The van der Waals surface area contributed by atoms with Gasteiger partial charge in [0, 0.05) is 13.1 Å². The third-order valence-corrected chi connectivity index (χ3v) is 8.49. The Hall–Kier alpha value is -3.57. The van der Waals surface area contributed by atoms with Crippen LogP contribution in [-0.4, -0.2) is 50.8 Å². The molecule has 3 aromatic carbocycles. The van der Waals surface area contributed by atoms with Crippen LogP contribution in [-0.2, 0) is 32.2 Å². The number of amides is 2. The number of anilines is 1. The van der Waals surface area contributed by atoms with Gasteiger partial charge in [0.15, 0.2) is 0 Å². The molecule has 0 aliphatic heterocycles. The Morgan fingerprint density at radius 3 is 2.12 bits per heavy atom. The van der Waals surface area contributed by atoms with Crippen LogP contribution in [0.15, 0.2) is 83.8 Å². The van der Waals surface area contributed by atoms with Gasteiger partial charge in [-0.2, -0.15) is 13.2 Å². The Bertz CT molecular complexity index is 1440. The molecule has 2 amide bonds. The van der Waals surface area contributed by atoms with Crippen molar-refractivity contribution in [1.82, 2.24) is 10.2 Å². The molecule has 0 saturated heterocycles. The standard InChI is InChI=1S/C29H31ClF3N3O4S/c1-3-26(28(38)34-4-2)35(18-17-21-11-7-5-8-12-21)27(37)20-36(41(39,40)23-13-9-6-10-14-23)22-15-16-25(30)24(19-22)29(31,32)33/h5-16,19,26H,3-4,17-18,20H2,1-2H3,(H,34,38)/t26-/m1/s1. The number of rotatable bonds is 12. The van der Waals surface area contributed by atoms with Crippen LogP contribution in [0.2, 0.25) is 5.02 Å². The van der Waals surface area contributed by atoms with E-state index in [0.29, 0.717) is 23.3 Å². The molecule has 0 fully saturated rings. The van der Waals surface area contributed by atoms with Crippen LogP contribution in [0.25, 0.3) is 0 Å². The van der Waals surface area contributed by atoms with Gasteiger partial charge in [-0.25, -0.2) is 8.42 Å². The predicted octanol–water partition coefficient (Wildman–Crippen LogP) is 5.54. The maximum absolute atomic E-state index is 13.9. The zero-order valence-corrected chi connectivity index (χ0v) is 24.1. The smallest absolute Gasteiger partial charge is 0.355 e. The predicted molar refractivity (Wildman–Crippen MR) is 152 cm³/mol. The second kappa shape index (κ2) is 13.9. The van der Waals surface area contributed by atoms with Crippen LogP contribution in [0.4, 0.5) is 18.9 Å². The summed E-state index contributed by atoms with van der Waals surface area (Å²) in [6.07, 6.45) is -4.27. The van der Waals surface area contributed by atoms with E-state index in [4.69, 9.17) is 11.6 Å². The first-order valence-corrected chi connectivity index (χ1v) is 14.8. The Balaban J connectivity index is 2.08. The summed E-state index contributed by atoms with van der Waals surface area (Å²) in [6, 6.07) is 18.0. The number of likely N-dealkylation sites (N-methyl/N-ethyl adjacent to an activating group) is 1. The van der Waals surface area contributed by atoms with Crippen molar-refractivity contribution in [3.05, 3.63) is 95.0 Å². The van der Waals surface area contributed by atoms with Crippen molar-refractivity contribution in [2.45, 2.75) is 43.8 Å². The van der Waals surface area contributed by atoms with Crippen LogP contribution in [0.5, 0.6) is 0 Å². The Morgan fingerprint density at radius 1 is 0.951 bits per heavy atom. The average molecular weight is 610 g/mol. The summed E-state index contributed by atoms with van der Waals surface area (Å²) in [7, 11) is -4.51. The Labute approximate surface area is 243 Å². The van der Waals surface area contributed by atoms with Crippen molar-refractivity contribution in [3.8, 4) is 0 Å². The van der Waals surface area contributed by atoms with E-state index in [-0.39, 0.29) is 17.9 Å². The fraction of sp³-hybridized carbons (Fsp3) is 0.310. The van der Waals surface area contributed by atoms with E-state index in [1.165, 1.54) is 29.2 Å². The van der Waals surface area contributed by atoms with Crippen molar-refractivity contribution in [2.24, 2.45) is 0 Å². The largest absolute Gasteiger partial charge is 0.417 e. The summed E-state index contributed by atoms with van der Waals surface area (Å²) < 4.78 is 69.2. The number of alkyl halides is 3. The highest BCUT2D eigenvalue weighted by atomic mass is 35.5. The van der Waals surface area contributed by atoms with Gasteiger partial charge in [0.2, 0.25) is 11.8 Å². The summed E-state index contributed by atoms with van der Waals surface area (Å²) in [5.74, 6) is -1.17. The van der Waals surface area contributed by atoms with Crippen LogP contribution in [0.1, 0.15) is 31.4 Å². The summed E-state index contributed by atoms with van der Waals surface area (Å²) in [5.41, 5.74) is -0.752. The van der Waals surface area contributed by atoms with Crippen LogP contribution >= 0.6 is 11.6 Å². The third kappa shape index (κ3) is 8.01. The first kappa shape index (κ1) is 32.0. The molecule has 3 aromatic rings. The molecule has 0 unspecified atom stereocenters. The highest BCUT2D eigenvalue weighted by Gasteiger charge is 2.37. The molecule has 41 heavy (non-hydrogen) atoms. The van der Waals surface area contributed by atoms with Gasteiger partial charge in [-0.15, -0.1) is 0 Å². The number of sulfonamides is 1. The molecule has 0 aliphatic rings. The molecule has 0 aromatic heterocycles. The lowest BCUT2D eigenvalue weighted by molar-refractivity contribution is -0.139. The second-order valence-electron chi connectivity index (χ2n) is 9.13. The van der Waals surface area contributed by atoms with Crippen molar-refractivity contribution in [1.29, 1.82) is 0 Å². The van der Waals surface area contributed by atoms with Gasteiger partial charge in [0.05, 0.1) is 21.2 Å². The van der Waals surface area contributed by atoms with Crippen molar-refractivity contribution in [2.75, 3.05) is 23.9 Å². The van der Waals surface area contributed by atoms with Gasteiger partial charge in [-0.05, 0) is 55.7 Å². The number of nitrogens with zero attached hydrogens (tertiary/aromatic N) is 2. The molecule has 0 heterocycles. The van der Waals surface area contributed by atoms with Crippen molar-refractivity contribution in [3.63, 3.8) is 0 Å². The number of hydrogen-bond donors (Lipinski definition) is 1. The maximum Gasteiger partial charge on any atom is 0.417 e. The fourth-order valence-electron chi connectivity index (χ4n) is 4.32. The van der Waals surface area contributed by atoms with Crippen molar-refractivity contribution >= 4 is 39.1 Å². The van der Waals surface area contributed by atoms with Gasteiger partial charge in [0.25, 0.3) is 10.0 Å². The van der Waals surface area contributed by atoms with Gasteiger partial charge in [-0.3, -0.25) is 13.9 Å². The average Bonchev–Trinajstić information content (AvgIpc) is 2.94. The Kier molecular flexibility index (Phi) is 10.8. The van der Waals surface area contributed by atoms with E-state index >= 15 is 0 Å². The molecule has 12 heteroatoms. The van der Waals surface area contributed by atoms with E-state index < -0.39 is 56.9 Å². The van der Waals surface area contributed by atoms with Gasteiger partial charge in [-0.1, -0.05) is 67.1 Å². The molecular formula is C29H31ClF3N3O4S. The van der Waals surface area contributed by atoms with E-state index in [1.54, 1.807) is 19.9 Å². The summed E-state index contributed by atoms with van der Waals surface area (Å²) in [4.78, 5) is 27.9. The fourth-order valence-corrected chi connectivity index (χ4v) is 5.97. The molecule has 0 saturated carbocycles. The summed E-state index contributed by atoms with van der Waals surface area (Å²) >= 11 is 5.79. The highest BCUT2D eigenvalue weighted by molar-refractivity contribution is 7.92. The van der Waals surface area contributed by atoms with E-state index in [0.717, 1.165) is 17.7 Å². The number of halogens is 4. The van der Waals surface area contributed by atoms with Crippen LogP contribution in [0, 0.1) is 0 Å². The molecule has 1 N–H and O–H groups in total. The molecule has 0 aliphatic carbocycles. The number of carbonyl (C=O) groups excluding carboxylic acids is 2. The topological polar surface area (TPSA) is 86.8 Å². The minimum atomic E-state index is -4.87. The quantitative estimate of drug-likeness (QED) is 0.292.